The van der Waals surface area contributed by atoms with Crippen molar-refractivity contribution in [1.82, 2.24) is 29.7 Å². The summed E-state index contributed by atoms with van der Waals surface area (Å²) in [4.78, 5) is 16.2. The van der Waals surface area contributed by atoms with E-state index in [9.17, 15) is 5.11 Å². The van der Waals surface area contributed by atoms with Gasteiger partial charge in [0.2, 0.25) is 11.9 Å². The van der Waals surface area contributed by atoms with Crippen LogP contribution in [0.15, 0.2) is 12.7 Å². The molecular formula is C12H18N8O. The van der Waals surface area contributed by atoms with Crippen LogP contribution in [0.1, 0.15) is 25.7 Å². The molecule has 1 saturated carbocycles. The summed E-state index contributed by atoms with van der Waals surface area (Å²) >= 11 is 0. The number of aromatic nitrogens is 6. The van der Waals surface area contributed by atoms with Gasteiger partial charge in [0.1, 0.15) is 12.7 Å². The maximum Gasteiger partial charge on any atom is 0.258 e. The topological polar surface area (TPSA) is 128 Å². The monoisotopic (exact) mass is 290 g/mol. The molecule has 0 aliphatic heterocycles. The van der Waals surface area contributed by atoms with Gasteiger partial charge in [0.25, 0.3) is 5.95 Å². The minimum Gasteiger partial charge on any atom is -0.393 e. The van der Waals surface area contributed by atoms with Crippen LogP contribution in [0.4, 0.5) is 11.9 Å². The number of nitrogen functional groups attached to an aromatic ring is 1. The Balaban J connectivity index is 1.68. The lowest BCUT2D eigenvalue weighted by Crippen LogP contribution is -2.25. The molecule has 2 aromatic rings. The highest BCUT2D eigenvalue weighted by molar-refractivity contribution is 5.34. The lowest BCUT2D eigenvalue weighted by atomic mass is 9.87. The second kappa shape index (κ2) is 6.00. The van der Waals surface area contributed by atoms with Gasteiger partial charge in [-0.15, -0.1) is 0 Å². The minimum absolute atomic E-state index is 0.127. The van der Waals surface area contributed by atoms with Crippen molar-refractivity contribution >= 4 is 11.9 Å². The van der Waals surface area contributed by atoms with E-state index in [0.29, 0.717) is 24.4 Å². The zero-order valence-electron chi connectivity index (χ0n) is 11.6. The summed E-state index contributed by atoms with van der Waals surface area (Å²) in [6.07, 6.45) is 6.55. The van der Waals surface area contributed by atoms with Gasteiger partial charge in [-0.1, -0.05) is 6.42 Å². The summed E-state index contributed by atoms with van der Waals surface area (Å²) in [6.45, 7) is 0.706. The van der Waals surface area contributed by atoms with Crippen molar-refractivity contribution in [2.75, 3.05) is 17.6 Å². The molecule has 0 aromatic carbocycles. The Hall–Kier alpha value is -2.29. The Bertz CT molecular complexity index is 587. The fraction of sp³-hybridized carbons (Fsp3) is 0.583. The average molecular weight is 290 g/mol. The number of nitrogens with one attached hydrogen (secondary N) is 1. The molecule has 2 unspecified atom stereocenters. The molecule has 0 radical (unpaired) electrons. The summed E-state index contributed by atoms with van der Waals surface area (Å²) < 4.78 is 1.42. The van der Waals surface area contributed by atoms with Gasteiger partial charge in [0, 0.05) is 6.54 Å². The molecule has 2 atom stereocenters. The van der Waals surface area contributed by atoms with Crippen LogP contribution >= 0.6 is 0 Å². The van der Waals surface area contributed by atoms with Crippen molar-refractivity contribution in [3.63, 3.8) is 0 Å². The molecule has 1 aliphatic carbocycles. The molecule has 112 valence electrons. The Morgan fingerprint density at radius 3 is 3.00 bits per heavy atom. The Morgan fingerprint density at radius 2 is 2.24 bits per heavy atom. The number of aliphatic hydroxyl groups excluding tert-OH is 1. The maximum absolute atomic E-state index is 9.68. The number of nitrogens with zero attached hydrogens (tertiary/aromatic N) is 6. The fourth-order valence-electron chi connectivity index (χ4n) is 2.56. The third-order valence-corrected chi connectivity index (χ3v) is 3.57. The van der Waals surface area contributed by atoms with Gasteiger partial charge in [-0.25, -0.2) is 4.98 Å². The zero-order valence-corrected chi connectivity index (χ0v) is 11.6. The van der Waals surface area contributed by atoms with E-state index >= 15 is 0 Å². The Kier molecular flexibility index (Phi) is 3.91. The quantitative estimate of drug-likeness (QED) is 0.717. The van der Waals surface area contributed by atoms with Crippen molar-refractivity contribution in [3.8, 4) is 5.95 Å². The Morgan fingerprint density at radius 1 is 1.33 bits per heavy atom. The van der Waals surface area contributed by atoms with E-state index < -0.39 is 0 Å². The average Bonchev–Trinajstić information content (AvgIpc) is 2.99. The van der Waals surface area contributed by atoms with Crippen LogP contribution in [0.5, 0.6) is 0 Å². The maximum atomic E-state index is 9.68. The number of anilines is 2. The zero-order chi connectivity index (χ0) is 14.7. The van der Waals surface area contributed by atoms with Gasteiger partial charge in [0.05, 0.1) is 6.10 Å². The van der Waals surface area contributed by atoms with Crippen molar-refractivity contribution in [3.05, 3.63) is 12.7 Å². The first-order chi connectivity index (χ1) is 10.2. The number of hydrogen-bond donors (Lipinski definition) is 3. The first-order valence-corrected chi connectivity index (χ1v) is 6.99. The molecule has 0 saturated heterocycles. The van der Waals surface area contributed by atoms with Crippen molar-refractivity contribution in [1.29, 1.82) is 0 Å². The molecular weight excluding hydrogens is 272 g/mol. The van der Waals surface area contributed by atoms with E-state index in [-0.39, 0.29) is 12.1 Å². The van der Waals surface area contributed by atoms with Crippen LogP contribution in [0.3, 0.4) is 0 Å². The van der Waals surface area contributed by atoms with E-state index in [1.165, 1.54) is 17.3 Å². The van der Waals surface area contributed by atoms with Gasteiger partial charge in [-0.05, 0) is 25.2 Å². The van der Waals surface area contributed by atoms with Crippen LogP contribution < -0.4 is 11.1 Å². The molecule has 1 fully saturated rings. The number of rotatable bonds is 4. The SMILES string of the molecule is Nc1nc(NCC2CCCC(O)C2)nc(-n2cncn2)n1. The molecule has 4 N–H and O–H groups in total. The van der Waals surface area contributed by atoms with Gasteiger partial charge in [-0.2, -0.15) is 24.7 Å². The number of hydrogen-bond acceptors (Lipinski definition) is 8. The molecule has 3 rings (SSSR count). The summed E-state index contributed by atoms with van der Waals surface area (Å²) in [5.41, 5.74) is 5.69. The predicted octanol–water partition coefficient (Wildman–Crippen LogP) is -0.00250. The fourth-order valence-corrected chi connectivity index (χ4v) is 2.56. The van der Waals surface area contributed by atoms with E-state index in [4.69, 9.17) is 5.73 Å². The van der Waals surface area contributed by atoms with Crippen LogP contribution in [0.2, 0.25) is 0 Å². The smallest absolute Gasteiger partial charge is 0.258 e. The van der Waals surface area contributed by atoms with E-state index in [2.05, 4.69) is 30.4 Å². The van der Waals surface area contributed by atoms with Crippen LogP contribution in [-0.4, -0.2) is 47.5 Å². The number of aliphatic hydroxyl groups is 1. The first-order valence-electron chi connectivity index (χ1n) is 6.99. The highest BCUT2D eigenvalue weighted by atomic mass is 16.3. The summed E-state index contributed by atoms with van der Waals surface area (Å²) in [7, 11) is 0. The van der Waals surface area contributed by atoms with Gasteiger partial charge in [0.15, 0.2) is 0 Å². The lowest BCUT2D eigenvalue weighted by molar-refractivity contribution is 0.104. The van der Waals surface area contributed by atoms with E-state index in [1.807, 2.05) is 0 Å². The molecule has 2 heterocycles. The molecule has 9 heteroatoms. The molecule has 0 spiro atoms. The van der Waals surface area contributed by atoms with Gasteiger partial charge in [-0.3, -0.25) is 0 Å². The third-order valence-electron chi connectivity index (χ3n) is 3.57. The van der Waals surface area contributed by atoms with Crippen LogP contribution in [0.25, 0.3) is 5.95 Å². The third kappa shape index (κ3) is 3.43. The largest absolute Gasteiger partial charge is 0.393 e. The highest BCUT2D eigenvalue weighted by Gasteiger charge is 2.20. The molecule has 1 aliphatic rings. The summed E-state index contributed by atoms with van der Waals surface area (Å²) in [5.74, 6) is 1.28. The second-order valence-electron chi connectivity index (χ2n) is 5.22. The molecule has 0 bridgehead atoms. The Labute approximate surface area is 121 Å². The van der Waals surface area contributed by atoms with Crippen LogP contribution in [-0.2, 0) is 0 Å². The van der Waals surface area contributed by atoms with Crippen molar-refractivity contribution < 1.29 is 5.11 Å². The van der Waals surface area contributed by atoms with Gasteiger partial charge < -0.3 is 16.2 Å². The summed E-state index contributed by atoms with van der Waals surface area (Å²) in [5, 5.41) is 16.8. The molecule has 9 nitrogen and oxygen atoms in total. The first kappa shape index (κ1) is 13.7. The molecule has 0 amide bonds. The number of nitrogens with two attached hydrogens (primary N) is 1. The lowest BCUT2D eigenvalue weighted by Gasteiger charge is -2.25. The summed E-state index contributed by atoms with van der Waals surface area (Å²) in [6, 6.07) is 0. The minimum atomic E-state index is -0.195. The van der Waals surface area contributed by atoms with Crippen molar-refractivity contribution in [2.45, 2.75) is 31.8 Å². The molecule has 2 aromatic heterocycles. The standard InChI is InChI=1S/C12H18N8O/c13-10-17-11(15-5-8-2-1-3-9(21)4-8)19-12(18-10)20-7-14-6-16-20/h6-9,21H,1-5H2,(H3,13,15,17,18,19). The van der Waals surface area contributed by atoms with E-state index in [0.717, 1.165) is 25.7 Å². The van der Waals surface area contributed by atoms with Gasteiger partial charge >= 0.3 is 0 Å². The van der Waals surface area contributed by atoms with E-state index in [1.54, 1.807) is 0 Å². The predicted molar refractivity (Wildman–Crippen MR) is 75.6 cm³/mol. The highest BCUT2D eigenvalue weighted by Crippen LogP contribution is 2.24. The molecule has 21 heavy (non-hydrogen) atoms. The second-order valence-corrected chi connectivity index (χ2v) is 5.22. The normalized spacial score (nSPS) is 22.1. The van der Waals surface area contributed by atoms with Crippen molar-refractivity contribution in [2.24, 2.45) is 5.92 Å². The van der Waals surface area contributed by atoms with Crippen LogP contribution in [0, 0.1) is 5.92 Å².